The number of hydrogen-bond acceptors (Lipinski definition) is 3. The molecule has 0 amide bonds. The molecule has 3 nitrogen and oxygen atoms in total. The molecule has 0 radical (unpaired) electrons. The zero-order chi connectivity index (χ0) is 13.6. The first-order chi connectivity index (χ1) is 8.44. The van der Waals surface area contributed by atoms with E-state index in [0.29, 0.717) is 6.54 Å². The lowest BCUT2D eigenvalue weighted by molar-refractivity contribution is -0.146. The SMILES string of the molecule is CCNc1ccc(CN(CC)CC(F)(F)F)cn1. The molecule has 0 spiro atoms. The first kappa shape index (κ1) is 14.8. The molecule has 1 rings (SSSR count). The van der Waals surface area contributed by atoms with Gasteiger partial charge in [-0.1, -0.05) is 13.0 Å². The highest BCUT2D eigenvalue weighted by Crippen LogP contribution is 2.18. The molecule has 0 aliphatic heterocycles. The van der Waals surface area contributed by atoms with Crippen molar-refractivity contribution < 1.29 is 13.2 Å². The van der Waals surface area contributed by atoms with Gasteiger partial charge in [0.2, 0.25) is 0 Å². The van der Waals surface area contributed by atoms with Gasteiger partial charge in [0.15, 0.2) is 0 Å². The molecule has 18 heavy (non-hydrogen) atoms. The lowest BCUT2D eigenvalue weighted by Gasteiger charge is -2.21. The van der Waals surface area contributed by atoms with Crippen molar-refractivity contribution in [2.24, 2.45) is 0 Å². The summed E-state index contributed by atoms with van der Waals surface area (Å²) < 4.78 is 36.9. The minimum atomic E-state index is -4.16. The van der Waals surface area contributed by atoms with Gasteiger partial charge >= 0.3 is 6.18 Å². The van der Waals surface area contributed by atoms with Crippen LogP contribution < -0.4 is 5.32 Å². The Balaban J connectivity index is 2.59. The molecule has 1 aromatic rings. The Morgan fingerprint density at radius 3 is 2.44 bits per heavy atom. The van der Waals surface area contributed by atoms with E-state index in [4.69, 9.17) is 0 Å². The van der Waals surface area contributed by atoms with E-state index in [9.17, 15) is 13.2 Å². The van der Waals surface area contributed by atoms with Gasteiger partial charge in [0.05, 0.1) is 6.54 Å². The van der Waals surface area contributed by atoms with Crippen LogP contribution in [0.3, 0.4) is 0 Å². The predicted molar refractivity (Wildman–Crippen MR) is 65.4 cm³/mol. The molecular weight excluding hydrogens is 243 g/mol. The maximum atomic E-state index is 12.3. The number of halogens is 3. The van der Waals surface area contributed by atoms with Crippen molar-refractivity contribution in [2.75, 3.05) is 25.0 Å². The molecule has 0 atom stereocenters. The van der Waals surface area contributed by atoms with Crippen molar-refractivity contribution in [3.8, 4) is 0 Å². The molecule has 0 aromatic carbocycles. The fourth-order valence-electron chi connectivity index (χ4n) is 1.59. The lowest BCUT2D eigenvalue weighted by Crippen LogP contribution is -2.33. The monoisotopic (exact) mass is 261 g/mol. The molecule has 0 saturated heterocycles. The van der Waals surface area contributed by atoms with Gasteiger partial charge in [-0.2, -0.15) is 13.2 Å². The molecule has 1 N–H and O–H groups in total. The highest BCUT2D eigenvalue weighted by atomic mass is 19.4. The van der Waals surface area contributed by atoms with Gasteiger partial charge in [-0.25, -0.2) is 4.98 Å². The van der Waals surface area contributed by atoms with E-state index in [1.54, 1.807) is 25.3 Å². The Bertz CT molecular complexity index is 349. The third kappa shape index (κ3) is 5.35. The summed E-state index contributed by atoms with van der Waals surface area (Å²) in [6.45, 7) is 4.16. The first-order valence-corrected chi connectivity index (χ1v) is 5.92. The normalized spacial score (nSPS) is 11.9. The fourth-order valence-corrected chi connectivity index (χ4v) is 1.59. The second-order valence-electron chi connectivity index (χ2n) is 4.00. The van der Waals surface area contributed by atoms with Crippen molar-refractivity contribution in [3.05, 3.63) is 23.9 Å². The van der Waals surface area contributed by atoms with Crippen LogP contribution in [0.25, 0.3) is 0 Å². The standard InChI is InChI=1S/C12H18F3N3/c1-3-16-11-6-5-10(7-17-11)8-18(4-2)9-12(13,14)15/h5-7H,3-4,8-9H2,1-2H3,(H,16,17). The molecule has 0 aliphatic rings. The number of pyridine rings is 1. The van der Waals surface area contributed by atoms with Gasteiger partial charge < -0.3 is 5.32 Å². The molecule has 102 valence electrons. The van der Waals surface area contributed by atoms with E-state index in [1.165, 1.54) is 4.90 Å². The van der Waals surface area contributed by atoms with E-state index < -0.39 is 12.7 Å². The third-order valence-corrected chi connectivity index (χ3v) is 2.44. The van der Waals surface area contributed by atoms with Crippen LogP contribution in [0.15, 0.2) is 18.3 Å². The average Bonchev–Trinajstić information content (AvgIpc) is 2.29. The number of alkyl halides is 3. The van der Waals surface area contributed by atoms with E-state index >= 15 is 0 Å². The highest BCUT2D eigenvalue weighted by molar-refractivity contribution is 5.35. The molecule has 0 fully saturated rings. The van der Waals surface area contributed by atoms with Crippen LogP contribution in [-0.2, 0) is 6.54 Å². The van der Waals surface area contributed by atoms with E-state index in [0.717, 1.165) is 17.9 Å². The summed E-state index contributed by atoms with van der Waals surface area (Å²) in [6, 6.07) is 3.57. The van der Waals surface area contributed by atoms with E-state index in [1.807, 2.05) is 6.92 Å². The van der Waals surface area contributed by atoms with Crippen molar-refractivity contribution in [2.45, 2.75) is 26.6 Å². The molecule has 0 unspecified atom stereocenters. The summed E-state index contributed by atoms with van der Waals surface area (Å²) in [6.07, 6.45) is -2.55. The maximum Gasteiger partial charge on any atom is 0.401 e. The van der Waals surface area contributed by atoms with Crippen LogP contribution in [0.1, 0.15) is 19.4 Å². The molecule has 1 aromatic heterocycles. The zero-order valence-corrected chi connectivity index (χ0v) is 10.6. The summed E-state index contributed by atoms with van der Waals surface area (Å²) in [5.74, 6) is 0.736. The zero-order valence-electron chi connectivity index (χ0n) is 10.6. The van der Waals surface area contributed by atoms with Gasteiger partial charge in [0.1, 0.15) is 5.82 Å². The van der Waals surface area contributed by atoms with Gasteiger partial charge in [0, 0.05) is 19.3 Å². The average molecular weight is 261 g/mol. The Morgan fingerprint density at radius 2 is 2.00 bits per heavy atom. The minimum Gasteiger partial charge on any atom is -0.370 e. The second kappa shape index (κ2) is 6.58. The van der Waals surface area contributed by atoms with Crippen LogP contribution in [0, 0.1) is 0 Å². The Morgan fingerprint density at radius 1 is 1.28 bits per heavy atom. The first-order valence-electron chi connectivity index (χ1n) is 5.92. The summed E-state index contributed by atoms with van der Waals surface area (Å²) in [7, 11) is 0. The van der Waals surface area contributed by atoms with Crippen LogP contribution >= 0.6 is 0 Å². The Hall–Kier alpha value is -1.30. The second-order valence-corrected chi connectivity index (χ2v) is 4.00. The van der Waals surface area contributed by atoms with E-state index in [-0.39, 0.29) is 6.54 Å². The lowest BCUT2D eigenvalue weighted by atomic mass is 10.2. The van der Waals surface area contributed by atoms with Crippen LogP contribution in [-0.4, -0.2) is 35.7 Å². The predicted octanol–water partition coefficient (Wildman–Crippen LogP) is 2.90. The van der Waals surface area contributed by atoms with Crippen LogP contribution in [0.4, 0.5) is 19.0 Å². The number of rotatable bonds is 6. The van der Waals surface area contributed by atoms with E-state index in [2.05, 4.69) is 10.3 Å². The van der Waals surface area contributed by atoms with Gasteiger partial charge in [-0.05, 0) is 25.1 Å². The smallest absolute Gasteiger partial charge is 0.370 e. The number of nitrogens with zero attached hydrogens (tertiary/aromatic N) is 2. The number of aromatic nitrogens is 1. The topological polar surface area (TPSA) is 28.2 Å². The molecule has 0 aliphatic carbocycles. The molecule has 0 bridgehead atoms. The molecular formula is C12H18F3N3. The number of hydrogen-bond donors (Lipinski definition) is 1. The van der Waals surface area contributed by atoms with Crippen molar-refractivity contribution in [1.29, 1.82) is 0 Å². The Labute approximate surface area is 105 Å². The Kier molecular flexibility index (Phi) is 5.40. The largest absolute Gasteiger partial charge is 0.401 e. The van der Waals surface area contributed by atoms with Gasteiger partial charge in [-0.3, -0.25) is 4.90 Å². The van der Waals surface area contributed by atoms with Crippen molar-refractivity contribution >= 4 is 5.82 Å². The highest BCUT2D eigenvalue weighted by Gasteiger charge is 2.29. The summed E-state index contributed by atoms with van der Waals surface area (Å²) >= 11 is 0. The van der Waals surface area contributed by atoms with Crippen molar-refractivity contribution in [3.63, 3.8) is 0 Å². The maximum absolute atomic E-state index is 12.3. The molecule has 0 saturated carbocycles. The summed E-state index contributed by atoms with van der Waals surface area (Å²) in [4.78, 5) is 5.47. The fraction of sp³-hybridized carbons (Fsp3) is 0.583. The van der Waals surface area contributed by atoms with Crippen LogP contribution in [0.5, 0.6) is 0 Å². The van der Waals surface area contributed by atoms with Crippen molar-refractivity contribution in [1.82, 2.24) is 9.88 Å². The minimum absolute atomic E-state index is 0.259. The number of anilines is 1. The molecule has 6 heteroatoms. The quantitative estimate of drug-likeness (QED) is 0.853. The number of nitrogens with one attached hydrogen (secondary N) is 1. The van der Waals surface area contributed by atoms with Gasteiger partial charge in [0.25, 0.3) is 0 Å². The van der Waals surface area contributed by atoms with Crippen LogP contribution in [0.2, 0.25) is 0 Å². The summed E-state index contributed by atoms with van der Waals surface area (Å²) in [5.41, 5.74) is 0.780. The third-order valence-electron chi connectivity index (χ3n) is 2.44. The summed E-state index contributed by atoms with van der Waals surface area (Å²) in [5, 5.41) is 3.04. The molecule has 1 heterocycles. The van der Waals surface area contributed by atoms with Gasteiger partial charge in [-0.15, -0.1) is 0 Å².